The molecule has 0 bridgehead atoms. The van der Waals surface area contributed by atoms with Gasteiger partial charge in [-0.25, -0.2) is 9.48 Å². The van der Waals surface area contributed by atoms with Gasteiger partial charge >= 0.3 is 6.03 Å². The van der Waals surface area contributed by atoms with E-state index in [0.717, 1.165) is 63.4 Å². The van der Waals surface area contributed by atoms with Crippen LogP contribution in [0, 0.1) is 5.92 Å². The number of para-hydroxylation sites is 1. The molecule has 8 heteroatoms. The smallest absolute Gasteiger partial charge is 0.321 e. The minimum Gasteiger partial charge on any atom is -0.321 e. The highest BCUT2D eigenvalue weighted by molar-refractivity contribution is 5.89. The molecular formula is C23H33N7O. The first-order valence-corrected chi connectivity index (χ1v) is 11.9. The number of carbonyl (C=O) groups is 1. The van der Waals surface area contributed by atoms with Crippen LogP contribution < -0.4 is 5.32 Å². The summed E-state index contributed by atoms with van der Waals surface area (Å²) in [5, 5.41) is 15.5. The second-order valence-corrected chi connectivity index (χ2v) is 9.29. The van der Waals surface area contributed by atoms with Crippen molar-refractivity contribution in [1.82, 2.24) is 30.0 Å². The Morgan fingerprint density at radius 3 is 2.55 bits per heavy atom. The molecule has 3 heterocycles. The molecule has 31 heavy (non-hydrogen) atoms. The third-order valence-electron chi connectivity index (χ3n) is 7.08. The number of carbonyl (C=O) groups excluding carboxylic acids is 1. The van der Waals surface area contributed by atoms with Gasteiger partial charge in [0.15, 0.2) is 5.82 Å². The number of piperidine rings is 1. The molecule has 2 amide bonds. The van der Waals surface area contributed by atoms with Gasteiger partial charge in [0, 0.05) is 18.3 Å². The Balaban J connectivity index is 1.20. The van der Waals surface area contributed by atoms with Crippen LogP contribution in [-0.2, 0) is 6.54 Å². The van der Waals surface area contributed by atoms with Gasteiger partial charge in [-0.05, 0) is 80.1 Å². The Kier molecular flexibility index (Phi) is 6.15. The molecule has 1 aromatic heterocycles. The molecule has 1 saturated carbocycles. The second-order valence-electron chi connectivity index (χ2n) is 9.29. The Labute approximate surface area is 184 Å². The Morgan fingerprint density at radius 1 is 0.968 bits per heavy atom. The maximum absolute atomic E-state index is 13.1. The molecule has 166 valence electrons. The van der Waals surface area contributed by atoms with Crippen LogP contribution in [0.15, 0.2) is 30.3 Å². The van der Waals surface area contributed by atoms with Gasteiger partial charge in [0.1, 0.15) is 0 Å². The van der Waals surface area contributed by atoms with Gasteiger partial charge in [-0.15, -0.1) is 5.10 Å². The minimum absolute atomic E-state index is 0.0594. The van der Waals surface area contributed by atoms with Crippen LogP contribution in [-0.4, -0.2) is 61.7 Å². The molecule has 0 spiro atoms. The Morgan fingerprint density at radius 2 is 1.77 bits per heavy atom. The standard InChI is InChI=1S/C23H33N7O/c31-23(24-19-7-3-1-4-8-19)29-14-6-2-5-9-21(29)18-12-15-28(16-13-18)17-22-25-26-27-30(22)20-10-11-20/h1,3-4,7-8,18,20-21H,2,5-6,9-17H2,(H,24,31). The van der Waals surface area contributed by atoms with Crippen molar-refractivity contribution in [3.63, 3.8) is 0 Å². The van der Waals surface area contributed by atoms with Crippen molar-refractivity contribution in [2.45, 2.75) is 70.0 Å². The molecule has 2 saturated heterocycles. The Bertz CT molecular complexity index is 858. The summed E-state index contributed by atoms with van der Waals surface area (Å²) < 4.78 is 2.02. The van der Waals surface area contributed by atoms with E-state index in [2.05, 4.69) is 30.6 Å². The number of rotatable bonds is 5. The van der Waals surface area contributed by atoms with E-state index in [1.807, 2.05) is 35.0 Å². The highest BCUT2D eigenvalue weighted by Gasteiger charge is 2.35. The van der Waals surface area contributed by atoms with E-state index in [1.54, 1.807) is 0 Å². The van der Waals surface area contributed by atoms with Crippen LogP contribution in [0.1, 0.15) is 63.2 Å². The van der Waals surface area contributed by atoms with Crippen LogP contribution in [0.5, 0.6) is 0 Å². The molecule has 2 aromatic rings. The zero-order valence-electron chi connectivity index (χ0n) is 18.2. The van der Waals surface area contributed by atoms with E-state index < -0.39 is 0 Å². The molecule has 8 nitrogen and oxygen atoms in total. The van der Waals surface area contributed by atoms with Gasteiger partial charge in [0.05, 0.1) is 12.6 Å². The van der Waals surface area contributed by atoms with Gasteiger partial charge in [-0.1, -0.05) is 31.0 Å². The first-order chi connectivity index (χ1) is 15.3. The predicted octanol–water partition coefficient (Wildman–Crippen LogP) is 3.70. The highest BCUT2D eigenvalue weighted by atomic mass is 16.2. The summed E-state index contributed by atoms with van der Waals surface area (Å²) in [6, 6.07) is 10.7. The average Bonchev–Trinajstić information content (AvgIpc) is 3.58. The normalized spacial score (nSPS) is 23.5. The van der Waals surface area contributed by atoms with Crippen molar-refractivity contribution in [3.8, 4) is 0 Å². The zero-order chi connectivity index (χ0) is 21.0. The number of hydrogen-bond acceptors (Lipinski definition) is 5. The summed E-state index contributed by atoms with van der Waals surface area (Å²) in [6.07, 6.45) is 9.31. The first-order valence-electron chi connectivity index (χ1n) is 11.9. The van der Waals surface area contributed by atoms with E-state index in [0.29, 0.717) is 18.0 Å². The zero-order valence-corrected chi connectivity index (χ0v) is 18.2. The van der Waals surface area contributed by atoms with Gasteiger partial charge in [-0.2, -0.15) is 0 Å². The van der Waals surface area contributed by atoms with Crippen molar-refractivity contribution in [3.05, 3.63) is 36.2 Å². The monoisotopic (exact) mass is 423 g/mol. The molecule has 1 aliphatic carbocycles. The molecule has 3 fully saturated rings. The van der Waals surface area contributed by atoms with Crippen molar-refractivity contribution in [2.75, 3.05) is 25.0 Å². The molecule has 2 aliphatic heterocycles. The molecule has 5 rings (SSSR count). The lowest BCUT2D eigenvalue weighted by Crippen LogP contribution is -2.49. The number of amides is 2. The fraction of sp³-hybridized carbons (Fsp3) is 0.652. The second kappa shape index (κ2) is 9.34. The molecule has 1 aromatic carbocycles. The van der Waals surface area contributed by atoms with E-state index in [4.69, 9.17) is 0 Å². The molecule has 0 radical (unpaired) electrons. The van der Waals surface area contributed by atoms with Gasteiger partial charge < -0.3 is 10.2 Å². The first kappa shape index (κ1) is 20.4. The van der Waals surface area contributed by atoms with Crippen LogP contribution in [0.2, 0.25) is 0 Å². The lowest BCUT2D eigenvalue weighted by molar-refractivity contribution is 0.101. The molecule has 1 N–H and O–H groups in total. The maximum Gasteiger partial charge on any atom is 0.322 e. The van der Waals surface area contributed by atoms with E-state index in [1.165, 1.54) is 25.7 Å². The molecule has 3 aliphatic rings. The van der Waals surface area contributed by atoms with Crippen molar-refractivity contribution in [1.29, 1.82) is 0 Å². The number of urea groups is 1. The maximum atomic E-state index is 13.1. The molecular weight excluding hydrogens is 390 g/mol. The largest absolute Gasteiger partial charge is 0.322 e. The van der Waals surface area contributed by atoms with Crippen LogP contribution in [0.4, 0.5) is 10.5 Å². The van der Waals surface area contributed by atoms with E-state index >= 15 is 0 Å². The van der Waals surface area contributed by atoms with Gasteiger partial charge in [0.25, 0.3) is 0 Å². The predicted molar refractivity (Wildman–Crippen MR) is 119 cm³/mol. The Hall–Kier alpha value is -2.48. The van der Waals surface area contributed by atoms with Crippen LogP contribution in [0.3, 0.4) is 0 Å². The number of anilines is 1. The summed E-state index contributed by atoms with van der Waals surface area (Å²) >= 11 is 0. The summed E-state index contributed by atoms with van der Waals surface area (Å²) in [4.78, 5) is 17.7. The third kappa shape index (κ3) is 4.89. The van der Waals surface area contributed by atoms with Crippen LogP contribution in [0.25, 0.3) is 0 Å². The highest BCUT2D eigenvalue weighted by Crippen LogP contribution is 2.35. The van der Waals surface area contributed by atoms with Crippen LogP contribution >= 0.6 is 0 Å². The number of tetrazole rings is 1. The molecule has 1 atom stereocenters. The minimum atomic E-state index is 0.0594. The number of aromatic nitrogens is 4. The molecule has 1 unspecified atom stereocenters. The summed E-state index contributed by atoms with van der Waals surface area (Å²) in [6.45, 7) is 3.79. The van der Waals surface area contributed by atoms with E-state index in [-0.39, 0.29) is 6.03 Å². The SMILES string of the molecule is O=C(Nc1ccccc1)N1CCCCCC1C1CCN(Cc2nnnn2C2CC2)CC1. The summed E-state index contributed by atoms with van der Waals surface area (Å²) in [5.41, 5.74) is 0.874. The lowest BCUT2D eigenvalue weighted by Gasteiger charge is -2.40. The van der Waals surface area contributed by atoms with Gasteiger partial charge in [0.2, 0.25) is 0 Å². The lowest BCUT2D eigenvalue weighted by atomic mass is 9.86. The number of nitrogens with one attached hydrogen (secondary N) is 1. The summed E-state index contributed by atoms with van der Waals surface area (Å²) in [5.74, 6) is 1.56. The number of likely N-dealkylation sites (tertiary alicyclic amines) is 2. The van der Waals surface area contributed by atoms with Gasteiger partial charge in [-0.3, -0.25) is 4.90 Å². The average molecular weight is 424 g/mol. The number of benzene rings is 1. The topological polar surface area (TPSA) is 79.2 Å². The van der Waals surface area contributed by atoms with E-state index in [9.17, 15) is 4.79 Å². The van der Waals surface area contributed by atoms with Crippen molar-refractivity contribution < 1.29 is 4.79 Å². The van der Waals surface area contributed by atoms with Crippen molar-refractivity contribution in [2.24, 2.45) is 5.92 Å². The summed E-state index contributed by atoms with van der Waals surface area (Å²) in [7, 11) is 0. The number of hydrogen-bond donors (Lipinski definition) is 1. The number of nitrogens with zero attached hydrogens (tertiary/aromatic N) is 6. The van der Waals surface area contributed by atoms with Crippen molar-refractivity contribution >= 4 is 11.7 Å². The quantitative estimate of drug-likeness (QED) is 0.793. The third-order valence-corrected chi connectivity index (χ3v) is 7.08. The fourth-order valence-electron chi connectivity index (χ4n) is 5.21. The fourth-order valence-corrected chi connectivity index (χ4v) is 5.21.